The second-order valence-electron chi connectivity index (χ2n) is 13.1. The maximum absolute atomic E-state index is 11.2. The number of aliphatic hydroxyl groups is 2. The van der Waals surface area contributed by atoms with Crippen molar-refractivity contribution in [1.82, 2.24) is 4.90 Å². The molecule has 6 fully saturated rings. The molecule has 0 radical (unpaired) electrons. The molecule has 0 aromatic rings. The lowest BCUT2D eigenvalue weighted by molar-refractivity contribution is -0.130. The number of rotatable bonds is 0. The predicted molar refractivity (Wildman–Crippen MR) is 120 cm³/mol. The van der Waals surface area contributed by atoms with Gasteiger partial charge in [0.25, 0.3) is 0 Å². The highest BCUT2D eigenvalue weighted by molar-refractivity contribution is 5.12. The first kappa shape index (κ1) is 20.5. The van der Waals surface area contributed by atoms with Gasteiger partial charge in [-0.05, 0) is 116 Å². The molecule has 3 heteroatoms. The van der Waals surface area contributed by atoms with Crippen LogP contribution < -0.4 is 0 Å². The molecule has 0 bridgehead atoms. The lowest BCUT2D eigenvalue weighted by atomic mass is 9.51. The van der Waals surface area contributed by atoms with Crippen LogP contribution in [0.4, 0.5) is 0 Å². The third-order valence-electron chi connectivity index (χ3n) is 12.0. The topological polar surface area (TPSA) is 43.7 Å². The quantitative estimate of drug-likeness (QED) is 0.609. The lowest BCUT2D eigenvalue weighted by Crippen LogP contribution is -2.58. The third-order valence-corrected chi connectivity index (χ3v) is 12.0. The Morgan fingerprint density at radius 3 is 2.37 bits per heavy atom. The molecule has 0 aromatic heterocycles. The minimum Gasteiger partial charge on any atom is -0.393 e. The van der Waals surface area contributed by atoms with Crippen molar-refractivity contribution in [2.24, 2.45) is 58.7 Å². The summed E-state index contributed by atoms with van der Waals surface area (Å²) in [5.41, 5.74) is 0.261. The van der Waals surface area contributed by atoms with Gasteiger partial charge in [0.1, 0.15) is 0 Å². The minimum atomic E-state index is -0.181. The molecule has 13 atom stereocenters. The van der Waals surface area contributed by atoms with E-state index in [4.69, 9.17) is 0 Å². The minimum absolute atomic E-state index is 0.180. The van der Waals surface area contributed by atoms with Gasteiger partial charge < -0.3 is 10.2 Å². The van der Waals surface area contributed by atoms with Crippen LogP contribution in [-0.4, -0.2) is 46.5 Å². The van der Waals surface area contributed by atoms with Gasteiger partial charge >= 0.3 is 0 Å². The molecular formula is C27H45NO2. The average molecular weight is 416 g/mol. The van der Waals surface area contributed by atoms with E-state index in [9.17, 15) is 10.2 Å². The van der Waals surface area contributed by atoms with Crippen molar-refractivity contribution in [3.05, 3.63) is 0 Å². The van der Waals surface area contributed by atoms with Crippen LogP contribution in [0.5, 0.6) is 0 Å². The van der Waals surface area contributed by atoms with Gasteiger partial charge in [0.2, 0.25) is 0 Å². The summed E-state index contributed by atoms with van der Waals surface area (Å²) in [4.78, 5) is 2.92. The first-order valence-corrected chi connectivity index (χ1v) is 13.5. The zero-order chi connectivity index (χ0) is 20.8. The van der Waals surface area contributed by atoms with E-state index in [1.165, 1.54) is 45.2 Å². The molecule has 30 heavy (non-hydrogen) atoms. The van der Waals surface area contributed by atoms with Crippen molar-refractivity contribution in [1.29, 1.82) is 0 Å². The van der Waals surface area contributed by atoms with Gasteiger partial charge in [0, 0.05) is 19.1 Å². The van der Waals surface area contributed by atoms with Gasteiger partial charge in [-0.1, -0.05) is 20.8 Å². The first-order chi connectivity index (χ1) is 14.4. The molecule has 170 valence electrons. The van der Waals surface area contributed by atoms with Crippen molar-refractivity contribution in [2.75, 3.05) is 13.1 Å². The summed E-state index contributed by atoms with van der Waals surface area (Å²) in [5, 5.41) is 21.5. The van der Waals surface area contributed by atoms with E-state index in [2.05, 4.69) is 25.7 Å². The number of hydrogen-bond donors (Lipinski definition) is 2. The van der Waals surface area contributed by atoms with E-state index in [1.807, 2.05) is 0 Å². The van der Waals surface area contributed by atoms with Gasteiger partial charge in [-0.2, -0.15) is 0 Å². The highest BCUT2D eigenvalue weighted by Crippen LogP contribution is 2.67. The summed E-state index contributed by atoms with van der Waals surface area (Å²) in [7, 11) is 0. The van der Waals surface area contributed by atoms with Crippen molar-refractivity contribution in [3.8, 4) is 0 Å². The molecule has 2 heterocycles. The van der Waals surface area contributed by atoms with Crippen molar-refractivity contribution in [2.45, 2.75) is 96.8 Å². The van der Waals surface area contributed by atoms with Crippen molar-refractivity contribution >= 4 is 0 Å². The van der Waals surface area contributed by atoms with Gasteiger partial charge in [-0.3, -0.25) is 4.90 Å². The number of piperidine rings is 2. The fourth-order valence-corrected chi connectivity index (χ4v) is 10.6. The molecule has 6 rings (SSSR count). The van der Waals surface area contributed by atoms with Gasteiger partial charge in [0.15, 0.2) is 0 Å². The summed E-state index contributed by atoms with van der Waals surface area (Å²) >= 11 is 0. The maximum Gasteiger partial charge on any atom is 0.0577 e. The molecule has 4 saturated carbocycles. The standard InChI is InChI=1S/C27H45NO2/c1-15-4-7-25-16(2)18-5-6-19-20(22(18)14-28(25)13-15)11-23-21(19)12-26(30)24-10-17(29)8-9-27(23,24)3/h15-26,29-30H,4-14H2,1-3H3/t15-,16-,17+,18-,19-,20-,21+,22-,23+,24-,25+,26-,27-/m1/s1. The Hall–Kier alpha value is -0.120. The van der Waals surface area contributed by atoms with Crippen LogP contribution in [0, 0.1) is 58.7 Å². The van der Waals surface area contributed by atoms with Crippen LogP contribution in [0.15, 0.2) is 0 Å². The number of hydrogen-bond acceptors (Lipinski definition) is 3. The normalized spacial score (nSPS) is 60.7. The Morgan fingerprint density at radius 1 is 0.733 bits per heavy atom. The van der Waals surface area contributed by atoms with Crippen LogP contribution in [0.3, 0.4) is 0 Å². The maximum atomic E-state index is 11.2. The number of fused-ring (bicyclic) bond motifs is 8. The van der Waals surface area contributed by atoms with Crippen molar-refractivity contribution < 1.29 is 10.2 Å². The smallest absolute Gasteiger partial charge is 0.0577 e. The molecule has 2 aliphatic heterocycles. The van der Waals surface area contributed by atoms with Gasteiger partial charge in [0.05, 0.1) is 12.2 Å². The van der Waals surface area contributed by atoms with Gasteiger partial charge in [-0.25, -0.2) is 0 Å². The van der Waals surface area contributed by atoms with Crippen LogP contribution in [0.1, 0.15) is 78.6 Å². The average Bonchev–Trinajstić information content (AvgIpc) is 3.09. The zero-order valence-electron chi connectivity index (χ0n) is 19.5. The van der Waals surface area contributed by atoms with E-state index in [0.717, 1.165) is 79.1 Å². The summed E-state index contributed by atoms with van der Waals surface area (Å²) in [5.74, 6) is 7.22. The number of nitrogens with zero attached hydrogens (tertiary/aromatic N) is 1. The lowest BCUT2D eigenvalue weighted by Gasteiger charge is -2.56. The molecule has 6 aliphatic rings. The van der Waals surface area contributed by atoms with E-state index >= 15 is 0 Å². The van der Waals surface area contributed by atoms with E-state index < -0.39 is 0 Å². The zero-order valence-corrected chi connectivity index (χ0v) is 19.5. The number of aliphatic hydroxyl groups excluding tert-OH is 2. The molecular weight excluding hydrogens is 370 g/mol. The molecule has 3 nitrogen and oxygen atoms in total. The van der Waals surface area contributed by atoms with Crippen molar-refractivity contribution in [3.63, 3.8) is 0 Å². The molecule has 0 amide bonds. The van der Waals surface area contributed by atoms with Gasteiger partial charge in [-0.15, -0.1) is 0 Å². The molecule has 4 aliphatic carbocycles. The molecule has 0 aromatic carbocycles. The fourth-order valence-electron chi connectivity index (χ4n) is 10.6. The highest BCUT2D eigenvalue weighted by atomic mass is 16.3. The predicted octanol–water partition coefficient (Wildman–Crippen LogP) is 4.56. The highest BCUT2D eigenvalue weighted by Gasteiger charge is 2.62. The summed E-state index contributed by atoms with van der Waals surface area (Å²) in [6.45, 7) is 10.3. The van der Waals surface area contributed by atoms with Crippen LogP contribution in [-0.2, 0) is 0 Å². The first-order valence-electron chi connectivity index (χ1n) is 13.5. The molecule has 0 unspecified atom stereocenters. The second kappa shape index (κ2) is 7.19. The molecule has 2 saturated heterocycles. The largest absolute Gasteiger partial charge is 0.393 e. The summed E-state index contributed by atoms with van der Waals surface area (Å²) in [6, 6.07) is 0.853. The summed E-state index contributed by atoms with van der Waals surface area (Å²) in [6.07, 6.45) is 10.7. The Kier molecular flexibility index (Phi) is 4.91. The molecule has 0 spiro atoms. The Labute approximate surface area is 184 Å². The van der Waals surface area contributed by atoms with Crippen LogP contribution >= 0.6 is 0 Å². The summed E-state index contributed by atoms with van der Waals surface area (Å²) < 4.78 is 0. The molecule has 2 N–H and O–H groups in total. The second-order valence-corrected chi connectivity index (χ2v) is 13.1. The Bertz CT molecular complexity index is 665. The SMILES string of the molecule is C[C@@H]1CC[C@H]2[C@H](C)[C@H]3CC[C@@H]4[C@@H](C[C@H]5[C@H]4C[C@@H](O)[C@H]4C[C@@H](O)CC[C@@]45C)[C@@H]3CN2C1. The Morgan fingerprint density at radius 2 is 1.53 bits per heavy atom. The monoisotopic (exact) mass is 415 g/mol. The van der Waals surface area contributed by atoms with Crippen LogP contribution in [0.2, 0.25) is 0 Å². The van der Waals surface area contributed by atoms with E-state index in [0.29, 0.717) is 5.92 Å². The van der Waals surface area contributed by atoms with E-state index in [-0.39, 0.29) is 17.6 Å². The van der Waals surface area contributed by atoms with Crippen LogP contribution in [0.25, 0.3) is 0 Å². The Balaban J connectivity index is 1.28. The fraction of sp³-hybridized carbons (Fsp3) is 1.00. The van der Waals surface area contributed by atoms with E-state index in [1.54, 1.807) is 0 Å². The third kappa shape index (κ3) is 2.86.